The Balaban J connectivity index is 4.78. The van der Waals surface area contributed by atoms with Crippen LogP contribution < -0.4 is 5.73 Å². The number of carbonyl (C=O) groups excluding carboxylic acids is 1. The highest BCUT2D eigenvalue weighted by molar-refractivity contribution is 5.76. The van der Waals surface area contributed by atoms with Crippen molar-refractivity contribution in [3.63, 3.8) is 0 Å². The van der Waals surface area contributed by atoms with E-state index >= 15 is 0 Å². The summed E-state index contributed by atoms with van der Waals surface area (Å²) in [6.07, 6.45) is 7.19. The molecule has 0 aliphatic rings. The van der Waals surface area contributed by atoms with Gasteiger partial charge in [-0.05, 0) is 34.1 Å². The number of carbonyl (C=O) groups is 1. The molecule has 0 spiro atoms. The van der Waals surface area contributed by atoms with Crippen molar-refractivity contribution in [2.75, 3.05) is 6.54 Å². The van der Waals surface area contributed by atoms with Crippen LogP contribution in [0.3, 0.4) is 0 Å². The third kappa shape index (κ3) is 5.74. The average Bonchev–Trinajstić information content (AvgIpc) is 2.15. The number of rotatable bonds is 6. The molecule has 0 aromatic carbocycles. The van der Waals surface area contributed by atoms with Gasteiger partial charge in [-0.2, -0.15) is 0 Å². The van der Waals surface area contributed by atoms with Crippen LogP contribution in [0.25, 0.3) is 0 Å². The van der Waals surface area contributed by atoms with Crippen molar-refractivity contribution in [3.8, 4) is 12.3 Å². The predicted octanol–water partition coefficient (Wildman–Crippen LogP) is 2.15. The molecule has 17 heavy (non-hydrogen) atoms. The first kappa shape index (κ1) is 16.0. The van der Waals surface area contributed by atoms with E-state index < -0.39 is 0 Å². The van der Waals surface area contributed by atoms with Gasteiger partial charge in [-0.1, -0.05) is 6.92 Å². The van der Waals surface area contributed by atoms with Crippen molar-refractivity contribution < 1.29 is 4.79 Å². The molecular weight excluding hydrogens is 212 g/mol. The summed E-state index contributed by atoms with van der Waals surface area (Å²) in [6, 6.07) is 0. The maximum Gasteiger partial charge on any atom is 0.222 e. The van der Waals surface area contributed by atoms with Crippen molar-refractivity contribution >= 4 is 5.91 Å². The Hall–Kier alpha value is -1.01. The van der Waals surface area contributed by atoms with Crippen molar-refractivity contribution in [1.29, 1.82) is 0 Å². The van der Waals surface area contributed by atoms with Crippen LogP contribution >= 0.6 is 0 Å². The number of amides is 1. The molecule has 3 heteroatoms. The van der Waals surface area contributed by atoms with Gasteiger partial charge >= 0.3 is 0 Å². The summed E-state index contributed by atoms with van der Waals surface area (Å²) in [7, 11) is 0. The van der Waals surface area contributed by atoms with Crippen LogP contribution in [0.5, 0.6) is 0 Å². The Kier molecular flexibility index (Phi) is 5.71. The van der Waals surface area contributed by atoms with Crippen molar-refractivity contribution in [2.24, 2.45) is 5.73 Å². The number of terminal acetylenes is 1. The molecule has 2 N–H and O–H groups in total. The van der Waals surface area contributed by atoms with E-state index in [2.05, 4.69) is 5.92 Å². The fourth-order valence-electron chi connectivity index (χ4n) is 1.70. The van der Waals surface area contributed by atoms with Crippen LogP contribution in [-0.4, -0.2) is 28.4 Å². The van der Waals surface area contributed by atoms with E-state index in [0.717, 1.165) is 6.42 Å². The first-order valence-corrected chi connectivity index (χ1v) is 6.17. The SMILES string of the molecule is C#CCC(C)(C)N(CCC(C)(C)N)C(=O)CC. The number of nitrogens with two attached hydrogens (primary N) is 1. The molecular formula is C14H26N2O. The molecule has 0 radical (unpaired) electrons. The molecule has 0 aliphatic heterocycles. The molecule has 3 nitrogen and oxygen atoms in total. The lowest BCUT2D eigenvalue weighted by molar-refractivity contribution is -0.136. The Morgan fingerprint density at radius 2 is 1.88 bits per heavy atom. The van der Waals surface area contributed by atoms with E-state index in [4.69, 9.17) is 12.2 Å². The first-order chi connectivity index (χ1) is 7.64. The predicted molar refractivity (Wildman–Crippen MR) is 72.4 cm³/mol. The molecule has 0 aromatic heterocycles. The van der Waals surface area contributed by atoms with E-state index in [9.17, 15) is 4.79 Å². The lowest BCUT2D eigenvalue weighted by Crippen LogP contribution is -2.50. The topological polar surface area (TPSA) is 46.3 Å². The van der Waals surface area contributed by atoms with Crippen LogP contribution in [0, 0.1) is 12.3 Å². The second-order valence-corrected chi connectivity index (χ2v) is 5.83. The Bertz CT molecular complexity index is 294. The second kappa shape index (κ2) is 6.07. The average molecular weight is 238 g/mol. The van der Waals surface area contributed by atoms with Gasteiger partial charge in [-0.3, -0.25) is 4.79 Å². The van der Waals surface area contributed by atoms with Crippen LogP contribution in [-0.2, 0) is 4.79 Å². The standard InChI is InChI=1S/C14H26N2O/c1-7-9-14(5,6)16(12(17)8-2)11-10-13(3,4)15/h1H,8-11,15H2,2-6H3. The van der Waals surface area contributed by atoms with Crippen molar-refractivity contribution in [2.45, 2.75) is 65.0 Å². The Labute approximate surface area is 106 Å². The molecule has 98 valence electrons. The summed E-state index contributed by atoms with van der Waals surface area (Å²) in [5, 5.41) is 0. The molecule has 1 amide bonds. The highest BCUT2D eigenvalue weighted by Gasteiger charge is 2.30. The molecule has 0 rings (SSSR count). The second-order valence-electron chi connectivity index (χ2n) is 5.83. The number of hydrogen-bond donors (Lipinski definition) is 1. The molecule has 0 aliphatic carbocycles. The maximum absolute atomic E-state index is 12.0. The minimum absolute atomic E-state index is 0.134. The summed E-state index contributed by atoms with van der Waals surface area (Å²) in [6.45, 7) is 10.5. The van der Waals surface area contributed by atoms with Crippen LogP contribution in [0.1, 0.15) is 53.9 Å². The smallest absolute Gasteiger partial charge is 0.222 e. The quantitative estimate of drug-likeness (QED) is 0.721. The molecule has 0 fully saturated rings. The normalized spacial score (nSPS) is 12.1. The lowest BCUT2D eigenvalue weighted by Gasteiger charge is -2.39. The zero-order valence-electron chi connectivity index (χ0n) is 11.8. The summed E-state index contributed by atoms with van der Waals surface area (Å²) < 4.78 is 0. The third-order valence-corrected chi connectivity index (χ3v) is 2.85. The van der Waals surface area contributed by atoms with E-state index in [1.54, 1.807) is 0 Å². The zero-order chi connectivity index (χ0) is 13.7. The first-order valence-electron chi connectivity index (χ1n) is 6.17. The minimum atomic E-state index is -0.299. The van der Waals surface area contributed by atoms with Gasteiger partial charge in [0, 0.05) is 30.5 Å². The largest absolute Gasteiger partial charge is 0.337 e. The fourth-order valence-corrected chi connectivity index (χ4v) is 1.70. The third-order valence-electron chi connectivity index (χ3n) is 2.85. The van der Waals surface area contributed by atoms with E-state index in [1.807, 2.05) is 39.5 Å². The molecule has 0 atom stereocenters. The van der Waals surface area contributed by atoms with E-state index in [-0.39, 0.29) is 17.0 Å². The zero-order valence-corrected chi connectivity index (χ0v) is 11.8. The molecule has 0 heterocycles. The highest BCUT2D eigenvalue weighted by Crippen LogP contribution is 2.21. The summed E-state index contributed by atoms with van der Waals surface area (Å²) >= 11 is 0. The van der Waals surface area contributed by atoms with Gasteiger partial charge in [0.2, 0.25) is 5.91 Å². The number of hydrogen-bond acceptors (Lipinski definition) is 2. The maximum atomic E-state index is 12.0. The van der Waals surface area contributed by atoms with Crippen LogP contribution in [0.15, 0.2) is 0 Å². The molecule has 0 saturated heterocycles. The monoisotopic (exact) mass is 238 g/mol. The summed E-state index contributed by atoms with van der Waals surface area (Å²) in [4.78, 5) is 13.8. The van der Waals surface area contributed by atoms with Gasteiger partial charge < -0.3 is 10.6 Å². The van der Waals surface area contributed by atoms with Crippen molar-refractivity contribution in [3.05, 3.63) is 0 Å². The van der Waals surface area contributed by atoms with Gasteiger partial charge in [-0.15, -0.1) is 12.3 Å². The molecule has 0 saturated carbocycles. The van der Waals surface area contributed by atoms with Gasteiger partial charge in [0.25, 0.3) is 0 Å². The van der Waals surface area contributed by atoms with Gasteiger partial charge in [-0.25, -0.2) is 0 Å². The van der Waals surface area contributed by atoms with Gasteiger partial charge in [0.1, 0.15) is 0 Å². The van der Waals surface area contributed by atoms with Gasteiger partial charge in [0.05, 0.1) is 0 Å². The molecule has 0 unspecified atom stereocenters. The van der Waals surface area contributed by atoms with Crippen molar-refractivity contribution in [1.82, 2.24) is 4.90 Å². The van der Waals surface area contributed by atoms with Crippen LogP contribution in [0.4, 0.5) is 0 Å². The molecule has 0 aromatic rings. The minimum Gasteiger partial charge on any atom is -0.337 e. The van der Waals surface area contributed by atoms with Gasteiger partial charge in [0.15, 0.2) is 0 Å². The van der Waals surface area contributed by atoms with E-state index in [0.29, 0.717) is 19.4 Å². The summed E-state index contributed by atoms with van der Waals surface area (Å²) in [5.74, 6) is 2.77. The number of nitrogens with zero attached hydrogens (tertiary/aromatic N) is 1. The molecule has 0 bridgehead atoms. The Morgan fingerprint density at radius 3 is 2.24 bits per heavy atom. The van der Waals surface area contributed by atoms with E-state index in [1.165, 1.54) is 0 Å². The summed E-state index contributed by atoms with van der Waals surface area (Å²) in [5.41, 5.74) is 5.40. The van der Waals surface area contributed by atoms with Crippen LogP contribution in [0.2, 0.25) is 0 Å². The lowest BCUT2D eigenvalue weighted by atomic mass is 9.95. The highest BCUT2D eigenvalue weighted by atomic mass is 16.2. The fraction of sp³-hybridized carbons (Fsp3) is 0.786. The Morgan fingerprint density at radius 1 is 1.35 bits per heavy atom.